The van der Waals surface area contributed by atoms with Crippen molar-refractivity contribution in [2.24, 2.45) is 23.7 Å². The summed E-state index contributed by atoms with van der Waals surface area (Å²) < 4.78 is 55.4. The molecule has 4 bridgehead atoms. The molecule has 7 fully saturated rings. The van der Waals surface area contributed by atoms with E-state index in [9.17, 15) is 23.5 Å². The topological polar surface area (TPSA) is 101 Å². The van der Waals surface area contributed by atoms with Crippen molar-refractivity contribution in [2.45, 2.75) is 81.1 Å². The van der Waals surface area contributed by atoms with Crippen molar-refractivity contribution in [3.8, 4) is 0 Å². The minimum atomic E-state index is -3.54. The molecule has 0 aromatic rings. The molecule has 7 atom stereocenters. The Morgan fingerprint density at radius 1 is 1.17 bits per heavy atom. The maximum Gasteiger partial charge on any atom is 0.377 e. The van der Waals surface area contributed by atoms with Gasteiger partial charge in [-0.2, -0.15) is 8.78 Å². The van der Waals surface area contributed by atoms with Crippen LogP contribution < -0.4 is 0 Å². The highest BCUT2D eigenvalue weighted by Gasteiger charge is 2.73. The molecular formula is C19H22F2O8. The van der Waals surface area contributed by atoms with Crippen LogP contribution in [0.1, 0.15) is 39.0 Å². The van der Waals surface area contributed by atoms with Gasteiger partial charge in [0.1, 0.15) is 23.7 Å². The van der Waals surface area contributed by atoms with Crippen LogP contribution >= 0.6 is 0 Å². The standard InChI is InChI=1S/C19H22F2O8/c1-17(20,21)16(24)29-18-4-7-2-8(5-18)19(9(3-7)6-18)27-12-10-11(25-15(12)28-19)14(23)26-13(10)22/h7-12,14-15,23H,2-6H2,1H3. The number of fused-ring (bicyclic) bond motifs is 3. The van der Waals surface area contributed by atoms with Crippen LogP contribution in [-0.2, 0) is 33.3 Å². The zero-order valence-corrected chi connectivity index (χ0v) is 15.7. The van der Waals surface area contributed by atoms with Gasteiger partial charge >= 0.3 is 17.9 Å². The van der Waals surface area contributed by atoms with E-state index in [1.165, 1.54) is 0 Å². The van der Waals surface area contributed by atoms with Crippen LogP contribution in [0, 0.1) is 23.7 Å². The fraction of sp³-hybridized carbons (Fsp3) is 0.895. The molecular weight excluding hydrogens is 394 g/mol. The number of ether oxygens (including phenoxy) is 5. The summed E-state index contributed by atoms with van der Waals surface area (Å²) in [6.07, 6.45) is -0.735. The molecule has 7 aliphatic rings. The second kappa shape index (κ2) is 5.46. The fourth-order valence-electron chi connectivity index (χ4n) is 6.75. The third-order valence-corrected chi connectivity index (χ3v) is 7.62. The number of halogens is 2. The first-order valence-corrected chi connectivity index (χ1v) is 10.1. The number of aliphatic hydroxyl groups excluding tert-OH is 1. The van der Waals surface area contributed by atoms with E-state index in [0.29, 0.717) is 26.2 Å². The third kappa shape index (κ3) is 2.37. The summed E-state index contributed by atoms with van der Waals surface area (Å²) in [6, 6.07) is 0. The quantitative estimate of drug-likeness (QED) is 0.668. The molecule has 3 heterocycles. The summed E-state index contributed by atoms with van der Waals surface area (Å²) in [7, 11) is 0. The molecule has 10 heteroatoms. The number of hydrogen-bond acceptors (Lipinski definition) is 8. The minimum absolute atomic E-state index is 0.151. The molecule has 0 aromatic carbocycles. The molecule has 4 aliphatic carbocycles. The maximum absolute atomic E-state index is 13.4. The van der Waals surface area contributed by atoms with Crippen molar-refractivity contribution >= 4 is 11.9 Å². The summed E-state index contributed by atoms with van der Waals surface area (Å²) in [4.78, 5) is 24.0. The van der Waals surface area contributed by atoms with E-state index in [1.807, 2.05) is 0 Å². The zero-order chi connectivity index (χ0) is 20.3. The normalized spacial score (nSPS) is 54.6. The summed E-state index contributed by atoms with van der Waals surface area (Å²) in [6.45, 7) is 0.546. The Labute approximate surface area is 164 Å². The number of alkyl halides is 2. The van der Waals surface area contributed by atoms with Crippen molar-refractivity contribution < 1.29 is 47.2 Å². The highest BCUT2D eigenvalue weighted by molar-refractivity contribution is 5.77. The highest BCUT2D eigenvalue weighted by atomic mass is 19.3. The van der Waals surface area contributed by atoms with E-state index in [1.54, 1.807) is 0 Å². The van der Waals surface area contributed by atoms with E-state index < -0.39 is 60.0 Å². The molecule has 7 unspecified atom stereocenters. The van der Waals surface area contributed by atoms with E-state index in [0.717, 1.165) is 12.8 Å². The molecule has 0 amide bonds. The van der Waals surface area contributed by atoms with Gasteiger partial charge in [0.25, 0.3) is 0 Å². The van der Waals surface area contributed by atoms with Crippen LogP contribution in [0.25, 0.3) is 0 Å². The lowest BCUT2D eigenvalue weighted by Gasteiger charge is -2.62. The SMILES string of the molecule is CC(F)(F)C(=O)OC12CC3CC(C1)C1(OC4OC5C(O)OC(=O)C5C4O1)C(C3)C2. The molecule has 0 radical (unpaired) electrons. The minimum Gasteiger partial charge on any atom is -0.455 e. The van der Waals surface area contributed by atoms with E-state index in [4.69, 9.17) is 23.7 Å². The first-order valence-electron chi connectivity index (χ1n) is 10.1. The molecule has 3 saturated heterocycles. The van der Waals surface area contributed by atoms with Crippen molar-refractivity contribution in [1.82, 2.24) is 0 Å². The second-order valence-electron chi connectivity index (χ2n) is 9.55. The number of carbonyl (C=O) groups is 2. The van der Waals surface area contributed by atoms with Gasteiger partial charge in [-0.25, -0.2) is 4.79 Å². The molecule has 3 aliphatic heterocycles. The van der Waals surface area contributed by atoms with Gasteiger partial charge in [-0.15, -0.1) is 0 Å². The fourth-order valence-corrected chi connectivity index (χ4v) is 6.75. The van der Waals surface area contributed by atoms with Crippen molar-refractivity contribution in [1.29, 1.82) is 0 Å². The molecule has 8 nitrogen and oxygen atoms in total. The highest BCUT2D eigenvalue weighted by Crippen LogP contribution is 2.66. The van der Waals surface area contributed by atoms with Crippen LogP contribution in [0.4, 0.5) is 8.78 Å². The summed E-state index contributed by atoms with van der Waals surface area (Å²) in [5.41, 5.74) is -0.922. The maximum atomic E-state index is 13.4. The van der Waals surface area contributed by atoms with Gasteiger partial charge in [-0.05, 0) is 38.0 Å². The Morgan fingerprint density at radius 3 is 2.52 bits per heavy atom. The summed E-state index contributed by atoms with van der Waals surface area (Å²) in [5.74, 6) is -7.40. The largest absolute Gasteiger partial charge is 0.455 e. The lowest BCUT2D eigenvalue weighted by atomic mass is 9.51. The molecule has 1 N–H and O–H groups in total. The van der Waals surface area contributed by atoms with Gasteiger partial charge in [-0.1, -0.05) is 0 Å². The van der Waals surface area contributed by atoms with Crippen LogP contribution in [0.3, 0.4) is 0 Å². The predicted molar refractivity (Wildman–Crippen MR) is 85.9 cm³/mol. The summed E-state index contributed by atoms with van der Waals surface area (Å²) in [5, 5.41) is 9.82. The number of aliphatic hydroxyl groups is 1. The Kier molecular flexibility index (Phi) is 3.47. The smallest absolute Gasteiger partial charge is 0.377 e. The first kappa shape index (κ1) is 18.4. The Bertz CT molecular complexity index is 765. The second-order valence-corrected chi connectivity index (χ2v) is 9.55. The van der Waals surface area contributed by atoms with Gasteiger partial charge in [0.05, 0.1) is 0 Å². The van der Waals surface area contributed by atoms with E-state index in [-0.39, 0.29) is 17.8 Å². The number of esters is 2. The Hall–Kier alpha value is -1.36. The van der Waals surface area contributed by atoms with Crippen molar-refractivity contribution in [3.63, 3.8) is 0 Å². The van der Waals surface area contributed by atoms with Crippen molar-refractivity contribution in [3.05, 3.63) is 0 Å². The Balaban J connectivity index is 1.26. The number of cyclic esters (lactones) is 1. The van der Waals surface area contributed by atoms with E-state index in [2.05, 4.69) is 0 Å². The van der Waals surface area contributed by atoms with Gasteiger partial charge in [0, 0.05) is 18.8 Å². The van der Waals surface area contributed by atoms with Gasteiger partial charge in [0.15, 0.2) is 12.1 Å². The predicted octanol–water partition coefficient (Wildman–Crippen LogP) is 1.09. The van der Waals surface area contributed by atoms with Crippen LogP contribution in [-0.4, -0.2) is 59.1 Å². The average Bonchev–Trinajstić information content (AvgIpc) is 3.21. The number of hydrogen-bond donors (Lipinski definition) is 1. The van der Waals surface area contributed by atoms with Crippen LogP contribution in [0.15, 0.2) is 0 Å². The third-order valence-electron chi connectivity index (χ3n) is 7.62. The molecule has 29 heavy (non-hydrogen) atoms. The molecule has 0 aromatic heterocycles. The first-order chi connectivity index (χ1) is 13.6. The molecule has 4 saturated carbocycles. The lowest BCUT2D eigenvalue weighted by Crippen LogP contribution is -2.66. The van der Waals surface area contributed by atoms with Gasteiger partial charge < -0.3 is 28.8 Å². The number of carbonyl (C=O) groups excluding carboxylic acids is 2. The van der Waals surface area contributed by atoms with Crippen LogP contribution in [0.5, 0.6) is 0 Å². The number of rotatable bonds is 2. The summed E-state index contributed by atoms with van der Waals surface area (Å²) >= 11 is 0. The van der Waals surface area contributed by atoms with Crippen LogP contribution in [0.2, 0.25) is 0 Å². The lowest BCUT2D eigenvalue weighted by molar-refractivity contribution is -0.344. The van der Waals surface area contributed by atoms with E-state index >= 15 is 0 Å². The Morgan fingerprint density at radius 2 is 1.86 bits per heavy atom. The molecule has 1 spiro atoms. The molecule has 160 valence electrons. The molecule has 7 rings (SSSR count). The van der Waals surface area contributed by atoms with Gasteiger partial charge in [-0.3, -0.25) is 4.79 Å². The van der Waals surface area contributed by atoms with Gasteiger partial charge in [0.2, 0.25) is 6.29 Å². The zero-order valence-electron chi connectivity index (χ0n) is 15.7. The monoisotopic (exact) mass is 416 g/mol. The average molecular weight is 416 g/mol. The van der Waals surface area contributed by atoms with Crippen molar-refractivity contribution in [2.75, 3.05) is 0 Å².